The number of halogens is 1. The summed E-state index contributed by atoms with van der Waals surface area (Å²) in [4.78, 5) is 14.0. The number of carbonyl (C=O) groups excluding carboxylic acids is 1. The highest BCUT2D eigenvalue weighted by Gasteiger charge is 2.11. The van der Waals surface area contributed by atoms with Gasteiger partial charge in [-0.1, -0.05) is 22.4 Å². The molecule has 0 spiro atoms. The van der Waals surface area contributed by atoms with Gasteiger partial charge in [0.2, 0.25) is 0 Å². The lowest BCUT2D eigenvalue weighted by Crippen LogP contribution is -2.33. The highest BCUT2D eigenvalue weighted by Crippen LogP contribution is 2.22. The molecular weight excluding hydrogens is 322 g/mol. The molecule has 110 valence electrons. The van der Waals surface area contributed by atoms with E-state index in [0.717, 1.165) is 24.1 Å². The van der Waals surface area contributed by atoms with Crippen molar-refractivity contribution < 1.29 is 14.3 Å². The third-order valence-corrected chi connectivity index (χ3v) is 3.88. The van der Waals surface area contributed by atoms with Crippen LogP contribution in [0.4, 0.5) is 0 Å². The summed E-state index contributed by atoms with van der Waals surface area (Å²) < 4.78 is 11.3. The van der Waals surface area contributed by atoms with Crippen LogP contribution in [-0.4, -0.2) is 44.2 Å². The average molecular weight is 342 g/mol. The monoisotopic (exact) mass is 341 g/mol. The number of piperidine rings is 1. The Labute approximate surface area is 128 Å². The zero-order valence-electron chi connectivity index (χ0n) is 11.7. The second-order valence-electron chi connectivity index (χ2n) is 4.92. The van der Waals surface area contributed by atoms with Crippen molar-refractivity contribution >= 4 is 21.9 Å². The second-order valence-corrected chi connectivity index (χ2v) is 5.83. The van der Waals surface area contributed by atoms with Crippen LogP contribution < -0.4 is 4.74 Å². The Morgan fingerprint density at radius 3 is 2.70 bits per heavy atom. The predicted molar refractivity (Wildman–Crippen MR) is 81.3 cm³/mol. The fourth-order valence-electron chi connectivity index (χ4n) is 2.36. The van der Waals surface area contributed by atoms with Crippen LogP contribution in [-0.2, 0) is 4.74 Å². The molecule has 0 atom stereocenters. The molecule has 1 saturated heterocycles. The van der Waals surface area contributed by atoms with E-state index in [1.165, 1.54) is 26.4 Å². The number of hydrogen-bond donors (Lipinski definition) is 0. The summed E-state index contributed by atoms with van der Waals surface area (Å²) in [6.07, 6.45) is 3.90. The minimum Gasteiger partial charge on any atom is -0.492 e. The predicted octanol–water partition coefficient (Wildman–Crippen LogP) is 3.10. The van der Waals surface area contributed by atoms with E-state index in [4.69, 9.17) is 9.47 Å². The maximum absolute atomic E-state index is 11.5. The van der Waals surface area contributed by atoms with Crippen LogP contribution in [0.2, 0.25) is 0 Å². The quantitative estimate of drug-likeness (QED) is 0.771. The van der Waals surface area contributed by atoms with Gasteiger partial charge in [0, 0.05) is 11.0 Å². The molecule has 0 aromatic heterocycles. The van der Waals surface area contributed by atoms with E-state index in [2.05, 4.69) is 20.8 Å². The Morgan fingerprint density at radius 1 is 1.25 bits per heavy atom. The molecule has 1 aromatic rings. The second kappa shape index (κ2) is 7.64. The summed E-state index contributed by atoms with van der Waals surface area (Å²) in [5, 5.41) is 0. The van der Waals surface area contributed by atoms with Crippen molar-refractivity contribution in [2.75, 3.05) is 33.4 Å². The van der Waals surface area contributed by atoms with Crippen LogP contribution in [0.15, 0.2) is 22.7 Å². The molecule has 5 heteroatoms. The lowest BCUT2D eigenvalue weighted by molar-refractivity contribution is 0.0600. The van der Waals surface area contributed by atoms with Crippen molar-refractivity contribution in [2.24, 2.45) is 0 Å². The Bertz CT molecular complexity index is 458. The van der Waals surface area contributed by atoms with Crippen LogP contribution in [0.1, 0.15) is 29.6 Å². The number of nitrogens with zero attached hydrogens (tertiary/aromatic N) is 1. The lowest BCUT2D eigenvalue weighted by atomic mass is 10.1. The van der Waals surface area contributed by atoms with E-state index in [1.807, 2.05) is 6.07 Å². The van der Waals surface area contributed by atoms with E-state index >= 15 is 0 Å². The maximum Gasteiger partial charge on any atom is 0.338 e. The number of likely N-dealkylation sites (tertiary alicyclic amines) is 1. The number of rotatable bonds is 5. The van der Waals surface area contributed by atoms with E-state index in [1.54, 1.807) is 12.1 Å². The minimum atomic E-state index is -0.354. The van der Waals surface area contributed by atoms with Gasteiger partial charge in [0.15, 0.2) is 0 Å². The van der Waals surface area contributed by atoms with Gasteiger partial charge in [-0.2, -0.15) is 0 Å². The summed E-state index contributed by atoms with van der Waals surface area (Å²) in [6, 6.07) is 5.30. The van der Waals surface area contributed by atoms with Crippen molar-refractivity contribution in [3.05, 3.63) is 28.2 Å². The van der Waals surface area contributed by atoms with Gasteiger partial charge in [0.25, 0.3) is 0 Å². The highest BCUT2D eigenvalue weighted by molar-refractivity contribution is 9.10. The van der Waals surface area contributed by atoms with Gasteiger partial charge in [0.1, 0.15) is 12.4 Å². The van der Waals surface area contributed by atoms with Crippen molar-refractivity contribution in [1.82, 2.24) is 4.90 Å². The number of esters is 1. The molecule has 0 amide bonds. The minimum absolute atomic E-state index is 0.354. The van der Waals surface area contributed by atoms with Crippen molar-refractivity contribution in [3.63, 3.8) is 0 Å². The number of carbonyl (C=O) groups is 1. The molecule has 0 saturated carbocycles. The molecule has 0 N–H and O–H groups in total. The largest absolute Gasteiger partial charge is 0.492 e. The van der Waals surface area contributed by atoms with Gasteiger partial charge in [-0.3, -0.25) is 4.90 Å². The standard InChI is InChI=1S/C15H20BrNO3/c1-19-15(18)12-9-13(16)11-14(10-12)20-8-7-17-5-3-2-4-6-17/h9-11H,2-8H2,1H3. The van der Waals surface area contributed by atoms with Gasteiger partial charge >= 0.3 is 5.97 Å². The Morgan fingerprint density at radius 2 is 2.00 bits per heavy atom. The van der Waals surface area contributed by atoms with Gasteiger partial charge in [-0.05, 0) is 44.1 Å². The summed E-state index contributed by atoms with van der Waals surface area (Å²) in [7, 11) is 1.38. The zero-order chi connectivity index (χ0) is 14.4. The molecule has 1 aliphatic heterocycles. The molecular formula is C15H20BrNO3. The first-order valence-corrected chi connectivity index (χ1v) is 7.72. The molecule has 0 unspecified atom stereocenters. The molecule has 0 radical (unpaired) electrons. The molecule has 0 bridgehead atoms. The summed E-state index contributed by atoms with van der Waals surface area (Å²) in [5.41, 5.74) is 0.495. The molecule has 4 nitrogen and oxygen atoms in total. The molecule has 1 heterocycles. The molecule has 2 rings (SSSR count). The number of ether oxygens (including phenoxy) is 2. The molecule has 1 aliphatic rings. The van der Waals surface area contributed by atoms with Crippen LogP contribution in [0.3, 0.4) is 0 Å². The molecule has 0 aliphatic carbocycles. The van der Waals surface area contributed by atoms with E-state index in [0.29, 0.717) is 17.9 Å². The first-order valence-electron chi connectivity index (χ1n) is 6.93. The van der Waals surface area contributed by atoms with Crippen LogP contribution in [0.5, 0.6) is 5.75 Å². The van der Waals surface area contributed by atoms with Crippen molar-refractivity contribution in [2.45, 2.75) is 19.3 Å². The summed E-state index contributed by atoms with van der Waals surface area (Å²) in [6.45, 7) is 3.89. The first-order chi connectivity index (χ1) is 9.69. The summed E-state index contributed by atoms with van der Waals surface area (Å²) in [5.74, 6) is 0.337. The number of benzene rings is 1. The zero-order valence-corrected chi connectivity index (χ0v) is 13.3. The number of hydrogen-bond acceptors (Lipinski definition) is 4. The SMILES string of the molecule is COC(=O)c1cc(Br)cc(OCCN2CCCCC2)c1. The van der Waals surface area contributed by atoms with Gasteiger partial charge < -0.3 is 9.47 Å². The Kier molecular flexibility index (Phi) is 5.86. The Balaban J connectivity index is 1.88. The van der Waals surface area contributed by atoms with Gasteiger partial charge in [0.05, 0.1) is 12.7 Å². The van der Waals surface area contributed by atoms with Gasteiger partial charge in [-0.15, -0.1) is 0 Å². The smallest absolute Gasteiger partial charge is 0.338 e. The third kappa shape index (κ3) is 4.49. The normalized spacial score (nSPS) is 15.9. The third-order valence-electron chi connectivity index (χ3n) is 3.42. The van der Waals surface area contributed by atoms with Crippen LogP contribution in [0, 0.1) is 0 Å². The van der Waals surface area contributed by atoms with Crippen LogP contribution in [0.25, 0.3) is 0 Å². The topological polar surface area (TPSA) is 38.8 Å². The molecule has 20 heavy (non-hydrogen) atoms. The maximum atomic E-state index is 11.5. The van der Waals surface area contributed by atoms with Gasteiger partial charge in [-0.25, -0.2) is 4.79 Å². The van der Waals surface area contributed by atoms with Crippen molar-refractivity contribution in [3.8, 4) is 5.75 Å². The summed E-state index contributed by atoms with van der Waals surface area (Å²) >= 11 is 3.38. The van der Waals surface area contributed by atoms with E-state index in [9.17, 15) is 4.79 Å². The fraction of sp³-hybridized carbons (Fsp3) is 0.533. The average Bonchev–Trinajstić information content (AvgIpc) is 2.47. The fourth-order valence-corrected chi connectivity index (χ4v) is 2.83. The first kappa shape index (κ1) is 15.3. The highest BCUT2D eigenvalue weighted by atomic mass is 79.9. The van der Waals surface area contributed by atoms with E-state index < -0.39 is 0 Å². The van der Waals surface area contributed by atoms with Crippen molar-refractivity contribution in [1.29, 1.82) is 0 Å². The molecule has 1 aromatic carbocycles. The van der Waals surface area contributed by atoms with Crippen LogP contribution >= 0.6 is 15.9 Å². The number of methoxy groups -OCH3 is 1. The Hall–Kier alpha value is -1.07. The molecule has 1 fully saturated rings. The lowest BCUT2D eigenvalue weighted by Gasteiger charge is -2.26. The van der Waals surface area contributed by atoms with E-state index in [-0.39, 0.29) is 5.97 Å².